The van der Waals surface area contributed by atoms with Gasteiger partial charge in [-0.05, 0) is 101 Å². The summed E-state index contributed by atoms with van der Waals surface area (Å²) in [7, 11) is 0. The molecule has 0 radical (unpaired) electrons. The first kappa shape index (κ1) is 21.0. The number of hydrogen-bond donors (Lipinski definition) is 1. The van der Waals surface area contributed by atoms with Crippen LogP contribution in [0.3, 0.4) is 0 Å². The van der Waals surface area contributed by atoms with Gasteiger partial charge in [0.15, 0.2) is 5.11 Å². The molecule has 166 valence electrons. The van der Waals surface area contributed by atoms with Gasteiger partial charge in [0.05, 0.1) is 23.9 Å². The molecule has 3 aromatic rings. The smallest absolute Gasteiger partial charge is 0.174 e. The van der Waals surface area contributed by atoms with Crippen molar-refractivity contribution in [2.24, 2.45) is 0 Å². The Morgan fingerprint density at radius 2 is 1.84 bits per heavy atom. The number of benzene rings is 1. The molecule has 0 spiro atoms. The van der Waals surface area contributed by atoms with Crippen LogP contribution in [0, 0.1) is 13.8 Å². The average molecular weight is 447 g/mol. The van der Waals surface area contributed by atoms with Crippen molar-refractivity contribution in [3.8, 4) is 5.75 Å². The minimum absolute atomic E-state index is 0.0213. The third-order valence-corrected chi connectivity index (χ3v) is 6.65. The minimum atomic E-state index is -0.0246. The summed E-state index contributed by atoms with van der Waals surface area (Å²) in [5, 5.41) is 4.29. The minimum Gasteiger partial charge on any atom is -0.491 e. The van der Waals surface area contributed by atoms with E-state index in [1.54, 1.807) is 0 Å². The lowest BCUT2D eigenvalue weighted by atomic mass is 9.96. The van der Waals surface area contributed by atoms with Gasteiger partial charge < -0.3 is 19.5 Å². The summed E-state index contributed by atoms with van der Waals surface area (Å²) >= 11 is 5.88. The molecule has 6 heteroatoms. The molecule has 3 heterocycles. The van der Waals surface area contributed by atoms with Crippen LogP contribution in [-0.2, 0) is 0 Å². The number of nitrogens with zero attached hydrogens (tertiary/aromatic N) is 3. The van der Waals surface area contributed by atoms with E-state index in [1.807, 2.05) is 44.3 Å². The number of aryl methyl sites for hydroxylation is 1. The summed E-state index contributed by atoms with van der Waals surface area (Å²) in [5.74, 6) is 0.867. The molecule has 1 N–H and O–H groups in total. The van der Waals surface area contributed by atoms with Crippen LogP contribution in [-0.4, -0.2) is 20.8 Å². The lowest BCUT2D eigenvalue weighted by Gasteiger charge is -2.28. The van der Waals surface area contributed by atoms with Crippen molar-refractivity contribution in [1.29, 1.82) is 0 Å². The maximum Gasteiger partial charge on any atom is 0.174 e. The van der Waals surface area contributed by atoms with Gasteiger partial charge in [-0.2, -0.15) is 0 Å². The third-order valence-electron chi connectivity index (χ3n) is 6.34. The highest BCUT2D eigenvalue weighted by Crippen LogP contribution is 2.46. The highest BCUT2D eigenvalue weighted by atomic mass is 32.1. The molecule has 2 fully saturated rings. The Morgan fingerprint density at radius 1 is 1.09 bits per heavy atom. The molecular formula is C26H30N4OS. The fourth-order valence-corrected chi connectivity index (χ4v) is 5.25. The number of rotatable bonds is 6. The largest absolute Gasteiger partial charge is 0.491 e. The maximum atomic E-state index is 5.88. The molecule has 5 nitrogen and oxygen atoms in total. The van der Waals surface area contributed by atoms with E-state index in [9.17, 15) is 0 Å². The van der Waals surface area contributed by atoms with Gasteiger partial charge in [0, 0.05) is 29.3 Å². The Labute approximate surface area is 195 Å². The van der Waals surface area contributed by atoms with Crippen LogP contribution in [0.2, 0.25) is 0 Å². The van der Waals surface area contributed by atoms with Crippen molar-refractivity contribution in [1.82, 2.24) is 14.9 Å². The zero-order valence-electron chi connectivity index (χ0n) is 19.1. The number of ether oxygens (including phenoxy) is 1. The van der Waals surface area contributed by atoms with Gasteiger partial charge in [0.2, 0.25) is 0 Å². The molecule has 0 unspecified atom stereocenters. The van der Waals surface area contributed by atoms with E-state index in [1.165, 1.54) is 29.8 Å². The van der Waals surface area contributed by atoms with Gasteiger partial charge in [0.25, 0.3) is 0 Å². The Kier molecular flexibility index (Phi) is 5.41. The van der Waals surface area contributed by atoms with E-state index in [0.717, 1.165) is 22.2 Å². The van der Waals surface area contributed by atoms with Crippen LogP contribution in [0.5, 0.6) is 5.75 Å². The second kappa shape index (κ2) is 8.24. The van der Waals surface area contributed by atoms with Gasteiger partial charge in [-0.15, -0.1) is 0 Å². The van der Waals surface area contributed by atoms with E-state index in [0.29, 0.717) is 6.04 Å². The molecule has 2 aliphatic rings. The van der Waals surface area contributed by atoms with Crippen molar-refractivity contribution in [3.05, 3.63) is 77.4 Å². The van der Waals surface area contributed by atoms with E-state index in [2.05, 4.69) is 57.9 Å². The van der Waals surface area contributed by atoms with E-state index in [4.69, 9.17) is 17.0 Å². The lowest BCUT2D eigenvalue weighted by Crippen LogP contribution is -2.29. The standard InChI is InChI=1S/C26H30N4OS/c1-16(2)31-21-12-10-20(11-13-21)30-25(22-15-17(3)29(18(22)4)19-8-9-19)24(28-26(30)32)23-7-5-6-14-27-23/h5-7,10-16,19,24-25H,8-9H2,1-4H3,(H,28,32)/t24-,25-/m0/s1. The molecular weight excluding hydrogens is 416 g/mol. The van der Waals surface area contributed by atoms with Crippen molar-refractivity contribution in [2.75, 3.05) is 4.90 Å². The fraction of sp³-hybridized carbons (Fsp3) is 0.385. The molecule has 2 atom stereocenters. The second-order valence-electron chi connectivity index (χ2n) is 9.08. The number of aromatic nitrogens is 2. The van der Waals surface area contributed by atoms with Crippen LogP contribution in [0.15, 0.2) is 54.7 Å². The summed E-state index contributed by atoms with van der Waals surface area (Å²) in [6, 6.07) is 17.3. The molecule has 1 aromatic carbocycles. The number of pyridine rings is 1. The molecule has 2 aromatic heterocycles. The summed E-state index contributed by atoms with van der Waals surface area (Å²) in [4.78, 5) is 6.92. The molecule has 5 rings (SSSR count). The summed E-state index contributed by atoms with van der Waals surface area (Å²) in [6.07, 6.45) is 4.53. The zero-order valence-corrected chi connectivity index (χ0v) is 19.9. The molecule has 1 saturated carbocycles. The quantitative estimate of drug-likeness (QED) is 0.485. The van der Waals surface area contributed by atoms with Crippen molar-refractivity contribution in [3.63, 3.8) is 0 Å². The fourth-order valence-electron chi connectivity index (χ4n) is 4.90. The molecule has 32 heavy (non-hydrogen) atoms. The lowest BCUT2D eigenvalue weighted by molar-refractivity contribution is 0.242. The highest BCUT2D eigenvalue weighted by molar-refractivity contribution is 7.80. The predicted octanol–water partition coefficient (Wildman–Crippen LogP) is 5.80. The molecule has 0 bridgehead atoms. The Bertz CT molecular complexity index is 1120. The molecule has 1 saturated heterocycles. The van der Waals surface area contributed by atoms with Gasteiger partial charge in [-0.25, -0.2) is 0 Å². The van der Waals surface area contributed by atoms with Crippen LogP contribution in [0.1, 0.15) is 67.5 Å². The number of hydrogen-bond acceptors (Lipinski definition) is 3. The predicted molar refractivity (Wildman–Crippen MR) is 132 cm³/mol. The first-order chi connectivity index (χ1) is 15.4. The SMILES string of the molecule is Cc1cc([C@H]2[C@H](c3ccccn3)NC(=S)N2c2ccc(OC(C)C)cc2)c(C)n1C1CC1. The first-order valence-corrected chi connectivity index (χ1v) is 11.8. The van der Waals surface area contributed by atoms with Crippen molar-refractivity contribution in [2.45, 2.75) is 64.8 Å². The third kappa shape index (κ3) is 3.77. The van der Waals surface area contributed by atoms with Crippen molar-refractivity contribution < 1.29 is 4.74 Å². The molecule has 1 aliphatic carbocycles. The second-order valence-corrected chi connectivity index (χ2v) is 9.47. The summed E-state index contributed by atoms with van der Waals surface area (Å²) in [6.45, 7) is 8.54. The average Bonchev–Trinajstić information content (AvgIpc) is 3.48. The van der Waals surface area contributed by atoms with Gasteiger partial charge in [-0.1, -0.05) is 6.07 Å². The monoisotopic (exact) mass is 446 g/mol. The first-order valence-electron chi connectivity index (χ1n) is 11.4. The van der Waals surface area contributed by atoms with Crippen LogP contribution >= 0.6 is 12.2 Å². The van der Waals surface area contributed by atoms with Crippen LogP contribution in [0.4, 0.5) is 5.69 Å². The normalized spacial score (nSPS) is 20.7. The number of anilines is 1. The zero-order chi connectivity index (χ0) is 22.4. The maximum absolute atomic E-state index is 5.88. The highest BCUT2D eigenvalue weighted by Gasteiger charge is 2.43. The summed E-state index contributed by atoms with van der Waals surface area (Å²) < 4.78 is 8.36. The Morgan fingerprint density at radius 3 is 2.47 bits per heavy atom. The number of thiocarbonyl (C=S) groups is 1. The number of nitrogens with one attached hydrogen (secondary N) is 1. The Hall–Kier alpha value is -2.86. The molecule has 1 aliphatic heterocycles. The van der Waals surface area contributed by atoms with Gasteiger partial charge >= 0.3 is 0 Å². The van der Waals surface area contributed by atoms with Crippen molar-refractivity contribution >= 4 is 23.0 Å². The summed E-state index contributed by atoms with van der Waals surface area (Å²) in [5.41, 5.74) is 6.00. The van der Waals surface area contributed by atoms with E-state index >= 15 is 0 Å². The molecule has 0 amide bonds. The van der Waals surface area contributed by atoms with Gasteiger partial charge in [-0.3, -0.25) is 4.98 Å². The van der Waals surface area contributed by atoms with E-state index in [-0.39, 0.29) is 18.2 Å². The topological polar surface area (TPSA) is 42.3 Å². The van der Waals surface area contributed by atoms with E-state index < -0.39 is 0 Å². The van der Waals surface area contributed by atoms with Crippen LogP contribution in [0.25, 0.3) is 0 Å². The van der Waals surface area contributed by atoms with Gasteiger partial charge in [0.1, 0.15) is 5.75 Å². The Balaban J connectivity index is 1.59. The van der Waals surface area contributed by atoms with Crippen LogP contribution < -0.4 is 15.0 Å².